The van der Waals surface area contributed by atoms with Crippen LogP contribution >= 0.6 is 11.6 Å². The van der Waals surface area contributed by atoms with Crippen molar-refractivity contribution in [2.75, 3.05) is 6.79 Å². The van der Waals surface area contributed by atoms with Crippen molar-refractivity contribution in [1.82, 2.24) is 0 Å². The molecule has 0 bridgehead atoms. The first-order valence-electron chi connectivity index (χ1n) is 3.33. The van der Waals surface area contributed by atoms with E-state index in [1.165, 1.54) is 0 Å². The Kier molecular flexibility index (Phi) is 1.43. The van der Waals surface area contributed by atoms with Gasteiger partial charge in [-0.2, -0.15) is 0 Å². The van der Waals surface area contributed by atoms with E-state index in [0.29, 0.717) is 10.8 Å². The number of halogens is 1. The van der Waals surface area contributed by atoms with Gasteiger partial charge >= 0.3 is 0 Å². The van der Waals surface area contributed by atoms with Crippen molar-refractivity contribution in [1.29, 1.82) is 0 Å². The topological polar surface area (TPSA) is 18.5 Å². The third-order valence-corrected chi connectivity index (χ3v) is 1.85. The summed E-state index contributed by atoms with van der Waals surface area (Å²) in [5.41, 5.74) is 1.08. The average molecular weight is 171 g/mol. The summed E-state index contributed by atoms with van der Waals surface area (Å²) in [6.07, 6.45) is 0. The Balaban J connectivity index is 2.60. The number of ether oxygens (including phenoxy) is 2. The second kappa shape index (κ2) is 2.31. The van der Waals surface area contributed by atoms with Gasteiger partial charge in [0, 0.05) is 0 Å². The molecule has 0 N–H and O–H groups in total. The normalized spacial score (nSPS) is 13.6. The highest BCUT2D eigenvalue weighted by molar-refractivity contribution is 6.32. The molecule has 1 aromatic carbocycles. The lowest BCUT2D eigenvalue weighted by Crippen LogP contribution is -1.93. The van der Waals surface area contributed by atoms with Crippen molar-refractivity contribution in [3.8, 4) is 11.5 Å². The lowest BCUT2D eigenvalue weighted by atomic mass is 10.2. The fraction of sp³-hybridized carbons (Fsp3) is 0.250. The van der Waals surface area contributed by atoms with E-state index in [4.69, 9.17) is 21.1 Å². The predicted molar refractivity (Wildman–Crippen MR) is 42.3 cm³/mol. The van der Waals surface area contributed by atoms with Crippen molar-refractivity contribution in [2.45, 2.75) is 6.92 Å². The van der Waals surface area contributed by atoms with E-state index in [2.05, 4.69) is 0 Å². The first-order valence-corrected chi connectivity index (χ1v) is 3.71. The molecule has 1 heterocycles. The SMILES string of the molecule is Cc1cc(Cl)c2c(c1)OCO2. The number of rotatable bonds is 0. The van der Waals surface area contributed by atoms with E-state index >= 15 is 0 Å². The summed E-state index contributed by atoms with van der Waals surface area (Å²) < 4.78 is 10.3. The van der Waals surface area contributed by atoms with Crippen LogP contribution in [0.2, 0.25) is 5.02 Å². The van der Waals surface area contributed by atoms with E-state index in [0.717, 1.165) is 11.3 Å². The van der Waals surface area contributed by atoms with E-state index in [1.807, 2.05) is 19.1 Å². The molecule has 11 heavy (non-hydrogen) atoms. The average Bonchev–Trinajstić information content (AvgIpc) is 2.34. The van der Waals surface area contributed by atoms with Crippen molar-refractivity contribution in [3.05, 3.63) is 22.7 Å². The summed E-state index contributed by atoms with van der Waals surface area (Å²) in [6, 6.07) is 3.77. The monoisotopic (exact) mass is 170 g/mol. The highest BCUT2D eigenvalue weighted by Gasteiger charge is 2.16. The van der Waals surface area contributed by atoms with Gasteiger partial charge in [-0.1, -0.05) is 11.6 Å². The molecule has 0 unspecified atom stereocenters. The maximum atomic E-state index is 5.87. The van der Waals surface area contributed by atoms with Crippen LogP contribution in [0.25, 0.3) is 0 Å². The Morgan fingerprint density at radius 3 is 3.00 bits per heavy atom. The van der Waals surface area contributed by atoms with Crippen LogP contribution in [0.3, 0.4) is 0 Å². The highest BCUT2D eigenvalue weighted by atomic mass is 35.5. The molecule has 0 saturated heterocycles. The zero-order chi connectivity index (χ0) is 7.84. The minimum Gasteiger partial charge on any atom is -0.454 e. The van der Waals surface area contributed by atoms with Gasteiger partial charge < -0.3 is 9.47 Å². The van der Waals surface area contributed by atoms with Gasteiger partial charge in [-0.25, -0.2) is 0 Å². The van der Waals surface area contributed by atoms with Gasteiger partial charge in [0.25, 0.3) is 0 Å². The third-order valence-electron chi connectivity index (χ3n) is 1.57. The Morgan fingerprint density at radius 1 is 1.36 bits per heavy atom. The van der Waals surface area contributed by atoms with Gasteiger partial charge in [0.05, 0.1) is 5.02 Å². The quantitative estimate of drug-likeness (QED) is 0.595. The molecule has 0 saturated carbocycles. The predicted octanol–water partition coefficient (Wildman–Crippen LogP) is 2.38. The van der Waals surface area contributed by atoms with E-state index < -0.39 is 0 Å². The molecule has 0 atom stereocenters. The maximum Gasteiger partial charge on any atom is 0.231 e. The molecule has 0 amide bonds. The minimum absolute atomic E-state index is 0.276. The molecule has 0 aliphatic carbocycles. The van der Waals surface area contributed by atoms with Gasteiger partial charge in [0.15, 0.2) is 11.5 Å². The van der Waals surface area contributed by atoms with E-state index in [-0.39, 0.29) is 6.79 Å². The lowest BCUT2D eigenvalue weighted by Gasteiger charge is -1.99. The summed E-state index contributed by atoms with van der Waals surface area (Å²) in [4.78, 5) is 0. The van der Waals surface area contributed by atoms with Crippen LogP contribution in [0.4, 0.5) is 0 Å². The number of hydrogen-bond acceptors (Lipinski definition) is 2. The lowest BCUT2D eigenvalue weighted by molar-refractivity contribution is 0.174. The molecular formula is C8H7ClO2. The zero-order valence-corrected chi connectivity index (χ0v) is 6.81. The van der Waals surface area contributed by atoms with Crippen LogP contribution in [0, 0.1) is 6.92 Å². The summed E-state index contributed by atoms with van der Waals surface area (Å²) >= 11 is 5.87. The fourth-order valence-electron chi connectivity index (χ4n) is 1.10. The molecule has 0 spiro atoms. The van der Waals surface area contributed by atoms with Gasteiger partial charge in [0.2, 0.25) is 6.79 Å². The van der Waals surface area contributed by atoms with Crippen molar-refractivity contribution in [3.63, 3.8) is 0 Å². The molecule has 0 fully saturated rings. The van der Waals surface area contributed by atoms with Crippen LogP contribution in [0.5, 0.6) is 11.5 Å². The Labute approximate surface area is 69.7 Å². The molecule has 1 aliphatic rings. The first-order chi connectivity index (χ1) is 5.27. The van der Waals surface area contributed by atoms with Gasteiger partial charge in [-0.3, -0.25) is 0 Å². The number of aryl methyl sites for hydroxylation is 1. The van der Waals surface area contributed by atoms with Gasteiger partial charge in [0.1, 0.15) is 0 Å². The van der Waals surface area contributed by atoms with Crippen LogP contribution in [-0.2, 0) is 0 Å². The summed E-state index contributed by atoms with van der Waals surface area (Å²) in [7, 11) is 0. The molecule has 1 aromatic rings. The number of hydrogen-bond donors (Lipinski definition) is 0. The van der Waals surface area contributed by atoms with E-state index in [9.17, 15) is 0 Å². The maximum absolute atomic E-state index is 5.87. The molecule has 3 heteroatoms. The summed E-state index contributed by atoms with van der Waals surface area (Å²) in [6.45, 7) is 2.24. The molecule has 2 rings (SSSR count). The molecule has 0 aromatic heterocycles. The standard InChI is InChI=1S/C8H7ClO2/c1-5-2-6(9)8-7(3-5)10-4-11-8/h2-3H,4H2,1H3. The van der Waals surface area contributed by atoms with Crippen molar-refractivity contribution < 1.29 is 9.47 Å². The van der Waals surface area contributed by atoms with Gasteiger partial charge in [-0.05, 0) is 24.6 Å². The molecule has 0 radical (unpaired) electrons. The zero-order valence-electron chi connectivity index (χ0n) is 6.06. The summed E-state index contributed by atoms with van der Waals surface area (Å²) in [5, 5.41) is 0.623. The van der Waals surface area contributed by atoms with E-state index in [1.54, 1.807) is 0 Å². The van der Waals surface area contributed by atoms with Crippen LogP contribution in [0.15, 0.2) is 12.1 Å². The van der Waals surface area contributed by atoms with Crippen molar-refractivity contribution >= 4 is 11.6 Å². The van der Waals surface area contributed by atoms with Crippen LogP contribution in [-0.4, -0.2) is 6.79 Å². The van der Waals surface area contributed by atoms with Crippen LogP contribution < -0.4 is 9.47 Å². The van der Waals surface area contributed by atoms with Gasteiger partial charge in [-0.15, -0.1) is 0 Å². The smallest absolute Gasteiger partial charge is 0.231 e. The number of fused-ring (bicyclic) bond motifs is 1. The Hall–Kier alpha value is -0.890. The number of benzene rings is 1. The largest absolute Gasteiger partial charge is 0.454 e. The van der Waals surface area contributed by atoms with Crippen molar-refractivity contribution in [2.24, 2.45) is 0 Å². The fourth-order valence-corrected chi connectivity index (χ4v) is 1.42. The first kappa shape index (κ1) is 6.80. The molecule has 1 aliphatic heterocycles. The molecule has 58 valence electrons. The highest BCUT2D eigenvalue weighted by Crippen LogP contribution is 2.39. The van der Waals surface area contributed by atoms with Crippen LogP contribution in [0.1, 0.15) is 5.56 Å². The Bertz CT molecular complexity index is 296. The third kappa shape index (κ3) is 1.03. The second-order valence-electron chi connectivity index (χ2n) is 2.48. The molecular weight excluding hydrogens is 164 g/mol. The molecule has 2 nitrogen and oxygen atoms in total. The minimum atomic E-state index is 0.276. The summed E-state index contributed by atoms with van der Waals surface area (Å²) in [5.74, 6) is 1.41. The second-order valence-corrected chi connectivity index (χ2v) is 2.89. The Morgan fingerprint density at radius 2 is 2.18 bits per heavy atom.